The highest BCUT2D eigenvalue weighted by molar-refractivity contribution is 6.46. The molecule has 1 heterocycles. The Kier molecular flexibility index (Phi) is 5.72. The SMILES string of the molecule is COc1ccc(/C(O)=C2/C(=O)C(=O)N(C3CCCCC3)C2c2ccc(O)cc2)c(C)c1. The Morgan fingerprint density at radius 3 is 2.32 bits per heavy atom. The summed E-state index contributed by atoms with van der Waals surface area (Å²) in [6.45, 7) is 1.82. The summed E-state index contributed by atoms with van der Waals surface area (Å²) in [5.74, 6) is -0.680. The molecule has 1 aliphatic heterocycles. The molecule has 1 saturated heterocycles. The molecule has 162 valence electrons. The van der Waals surface area contributed by atoms with Gasteiger partial charge >= 0.3 is 0 Å². The first-order chi connectivity index (χ1) is 14.9. The van der Waals surface area contributed by atoms with E-state index in [-0.39, 0.29) is 23.1 Å². The number of aryl methyl sites for hydroxylation is 1. The van der Waals surface area contributed by atoms with E-state index in [1.807, 2.05) is 6.92 Å². The van der Waals surface area contributed by atoms with Crippen LogP contribution in [0.3, 0.4) is 0 Å². The van der Waals surface area contributed by atoms with Gasteiger partial charge in [-0.25, -0.2) is 0 Å². The van der Waals surface area contributed by atoms with Gasteiger partial charge < -0.3 is 19.8 Å². The molecule has 1 saturated carbocycles. The van der Waals surface area contributed by atoms with E-state index in [4.69, 9.17) is 4.74 Å². The van der Waals surface area contributed by atoms with Crippen molar-refractivity contribution < 1.29 is 24.5 Å². The fourth-order valence-corrected chi connectivity index (χ4v) is 4.74. The lowest BCUT2D eigenvalue weighted by atomic mass is 9.90. The number of carbonyl (C=O) groups is 2. The summed E-state index contributed by atoms with van der Waals surface area (Å²) in [4.78, 5) is 28.0. The second-order valence-corrected chi connectivity index (χ2v) is 8.27. The third kappa shape index (κ3) is 3.78. The summed E-state index contributed by atoms with van der Waals surface area (Å²) in [5, 5.41) is 21.0. The van der Waals surface area contributed by atoms with E-state index in [9.17, 15) is 19.8 Å². The average molecular weight is 421 g/mol. The lowest BCUT2D eigenvalue weighted by Crippen LogP contribution is -2.40. The highest BCUT2D eigenvalue weighted by Crippen LogP contribution is 2.43. The average Bonchev–Trinajstić information content (AvgIpc) is 3.05. The number of hydrogen-bond donors (Lipinski definition) is 2. The smallest absolute Gasteiger partial charge is 0.295 e. The zero-order valence-electron chi connectivity index (χ0n) is 17.8. The Hall–Kier alpha value is -3.28. The third-order valence-electron chi connectivity index (χ3n) is 6.35. The van der Waals surface area contributed by atoms with Gasteiger partial charge in [-0.2, -0.15) is 0 Å². The summed E-state index contributed by atoms with van der Waals surface area (Å²) >= 11 is 0. The van der Waals surface area contributed by atoms with Crippen LogP contribution in [0.15, 0.2) is 48.0 Å². The van der Waals surface area contributed by atoms with Crippen LogP contribution >= 0.6 is 0 Å². The third-order valence-corrected chi connectivity index (χ3v) is 6.35. The van der Waals surface area contributed by atoms with E-state index in [1.54, 1.807) is 42.3 Å². The Balaban J connectivity index is 1.87. The molecule has 4 rings (SSSR count). The number of Topliss-reactive ketones (excluding diaryl/α,β-unsaturated/α-hetero) is 1. The number of rotatable bonds is 4. The van der Waals surface area contributed by atoms with Crippen LogP contribution < -0.4 is 4.74 Å². The fraction of sp³-hybridized carbons (Fsp3) is 0.360. The zero-order chi connectivity index (χ0) is 22.1. The monoisotopic (exact) mass is 421 g/mol. The summed E-state index contributed by atoms with van der Waals surface area (Å²) in [7, 11) is 1.56. The van der Waals surface area contributed by atoms with Crippen LogP contribution in [0.25, 0.3) is 5.76 Å². The van der Waals surface area contributed by atoms with Crippen molar-refractivity contribution in [2.75, 3.05) is 7.11 Å². The van der Waals surface area contributed by atoms with Crippen molar-refractivity contribution in [2.24, 2.45) is 0 Å². The van der Waals surface area contributed by atoms with Gasteiger partial charge in [-0.3, -0.25) is 9.59 Å². The molecule has 1 aliphatic carbocycles. The molecule has 2 aliphatic rings. The predicted molar refractivity (Wildman–Crippen MR) is 117 cm³/mol. The summed E-state index contributed by atoms with van der Waals surface area (Å²) in [6, 6.07) is 10.9. The van der Waals surface area contributed by atoms with E-state index < -0.39 is 17.7 Å². The molecule has 0 radical (unpaired) electrons. The van der Waals surface area contributed by atoms with Gasteiger partial charge in [0.2, 0.25) is 0 Å². The van der Waals surface area contributed by atoms with Crippen LogP contribution in [0.5, 0.6) is 11.5 Å². The van der Waals surface area contributed by atoms with Crippen molar-refractivity contribution in [3.05, 3.63) is 64.7 Å². The van der Waals surface area contributed by atoms with Crippen LogP contribution in [-0.4, -0.2) is 40.0 Å². The molecule has 2 aromatic rings. The highest BCUT2D eigenvalue weighted by atomic mass is 16.5. The number of amides is 1. The van der Waals surface area contributed by atoms with Crippen molar-refractivity contribution in [2.45, 2.75) is 51.1 Å². The fourth-order valence-electron chi connectivity index (χ4n) is 4.74. The molecule has 1 unspecified atom stereocenters. The molecule has 2 fully saturated rings. The molecule has 1 amide bonds. The topological polar surface area (TPSA) is 87.1 Å². The number of aromatic hydroxyl groups is 1. The number of ether oxygens (including phenoxy) is 1. The van der Waals surface area contributed by atoms with Crippen LogP contribution in [0.1, 0.15) is 54.8 Å². The molecular weight excluding hydrogens is 394 g/mol. The molecule has 1 atom stereocenters. The minimum Gasteiger partial charge on any atom is -0.508 e. The number of benzene rings is 2. The van der Waals surface area contributed by atoms with Gasteiger partial charge in [0.15, 0.2) is 0 Å². The molecule has 6 heteroatoms. The first-order valence-electron chi connectivity index (χ1n) is 10.7. The van der Waals surface area contributed by atoms with Crippen molar-refractivity contribution in [1.82, 2.24) is 4.90 Å². The molecule has 2 N–H and O–H groups in total. The Bertz CT molecular complexity index is 1030. The molecular formula is C25H27NO5. The second-order valence-electron chi connectivity index (χ2n) is 8.27. The van der Waals surface area contributed by atoms with Gasteiger partial charge in [0.1, 0.15) is 17.3 Å². The van der Waals surface area contributed by atoms with Crippen LogP contribution in [-0.2, 0) is 9.59 Å². The number of methoxy groups -OCH3 is 1. The van der Waals surface area contributed by atoms with Gasteiger partial charge in [-0.1, -0.05) is 31.4 Å². The molecule has 0 aromatic heterocycles. The van der Waals surface area contributed by atoms with E-state index in [0.29, 0.717) is 16.9 Å². The van der Waals surface area contributed by atoms with Gasteiger partial charge in [-0.05, 0) is 61.2 Å². The van der Waals surface area contributed by atoms with E-state index in [1.165, 1.54) is 12.1 Å². The number of aliphatic hydroxyl groups is 1. The second kappa shape index (κ2) is 8.46. The number of aliphatic hydroxyl groups excluding tert-OH is 1. The van der Waals surface area contributed by atoms with Crippen molar-refractivity contribution in [1.29, 1.82) is 0 Å². The molecule has 6 nitrogen and oxygen atoms in total. The maximum absolute atomic E-state index is 13.2. The number of nitrogens with zero attached hydrogens (tertiary/aromatic N) is 1. The maximum Gasteiger partial charge on any atom is 0.295 e. The van der Waals surface area contributed by atoms with Crippen LogP contribution in [0.4, 0.5) is 0 Å². The number of carbonyl (C=O) groups excluding carboxylic acids is 2. The summed E-state index contributed by atoms with van der Waals surface area (Å²) in [6.07, 6.45) is 4.81. The predicted octanol–water partition coefficient (Wildman–Crippen LogP) is 4.46. The minimum atomic E-state index is -0.690. The number of likely N-dealkylation sites (tertiary alicyclic amines) is 1. The van der Waals surface area contributed by atoms with Gasteiger partial charge in [0, 0.05) is 11.6 Å². The van der Waals surface area contributed by atoms with Crippen molar-refractivity contribution in [3.8, 4) is 11.5 Å². The maximum atomic E-state index is 13.2. The first-order valence-corrected chi connectivity index (χ1v) is 10.7. The van der Waals surface area contributed by atoms with Crippen LogP contribution in [0.2, 0.25) is 0 Å². The summed E-state index contributed by atoms with van der Waals surface area (Å²) < 4.78 is 5.24. The normalized spacial score (nSPS) is 21.5. The Morgan fingerprint density at radius 1 is 1.03 bits per heavy atom. The quantitative estimate of drug-likeness (QED) is 0.432. The zero-order valence-corrected chi connectivity index (χ0v) is 17.8. The van der Waals surface area contributed by atoms with Crippen molar-refractivity contribution >= 4 is 17.4 Å². The lowest BCUT2D eigenvalue weighted by molar-refractivity contribution is -0.141. The number of ketones is 1. The van der Waals surface area contributed by atoms with Crippen molar-refractivity contribution in [3.63, 3.8) is 0 Å². The lowest BCUT2D eigenvalue weighted by Gasteiger charge is -2.35. The van der Waals surface area contributed by atoms with E-state index in [2.05, 4.69) is 0 Å². The van der Waals surface area contributed by atoms with Gasteiger partial charge in [0.25, 0.3) is 11.7 Å². The highest BCUT2D eigenvalue weighted by Gasteiger charge is 2.48. The van der Waals surface area contributed by atoms with E-state index in [0.717, 1.165) is 37.7 Å². The van der Waals surface area contributed by atoms with Crippen LogP contribution in [0, 0.1) is 6.92 Å². The summed E-state index contributed by atoms with van der Waals surface area (Å²) in [5.41, 5.74) is 2.02. The van der Waals surface area contributed by atoms with Gasteiger partial charge in [0.05, 0.1) is 18.7 Å². The molecule has 31 heavy (non-hydrogen) atoms. The standard InChI is InChI=1S/C25H27NO5/c1-15-14-19(31-2)12-13-20(15)23(28)21-22(16-8-10-18(27)11-9-16)26(25(30)24(21)29)17-6-4-3-5-7-17/h8-14,17,22,27-28H,3-7H2,1-2H3/b23-21-. The minimum absolute atomic E-state index is 0.0498. The molecule has 0 bridgehead atoms. The number of hydrogen-bond acceptors (Lipinski definition) is 5. The number of phenolic OH excluding ortho intramolecular Hbond substituents is 1. The first kappa shape index (κ1) is 21.0. The Labute approximate surface area is 181 Å². The van der Waals surface area contributed by atoms with Gasteiger partial charge in [-0.15, -0.1) is 0 Å². The molecule has 0 spiro atoms. The largest absolute Gasteiger partial charge is 0.508 e. The van der Waals surface area contributed by atoms with E-state index >= 15 is 0 Å². The number of phenols is 1. The Morgan fingerprint density at radius 2 is 1.71 bits per heavy atom. The molecule has 2 aromatic carbocycles.